The first-order valence-electron chi connectivity index (χ1n) is 8.15. The van der Waals surface area contributed by atoms with Gasteiger partial charge >= 0.3 is 6.18 Å². The largest absolute Gasteiger partial charge is 0.417 e. The molecule has 8 heteroatoms. The molecule has 0 atom stereocenters. The maximum absolute atomic E-state index is 12.7. The van der Waals surface area contributed by atoms with Crippen LogP contribution in [-0.4, -0.2) is 15.9 Å². The summed E-state index contributed by atoms with van der Waals surface area (Å²) in [5, 5.41) is 5.69. The predicted molar refractivity (Wildman–Crippen MR) is 101 cm³/mol. The molecule has 5 nitrogen and oxygen atoms in total. The highest BCUT2D eigenvalue weighted by molar-refractivity contribution is 6.00. The van der Waals surface area contributed by atoms with E-state index in [9.17, 15) is 18.0 Å². The SMILES string of the molecule is C=CC(=O)Nc1ccc(Nc2ccc(C(F)(F)F)cn2)c(-c2ccncc2)c1. The number of carbonyl (C=O) groups is 1. The van der Waals surface area contributed by atoms with Crippen LogP contribution in [0.4, 0.5) is 30.4 Å². The number of aromatic nitrogens is 2. The van der Waals surface area contributed by atoms with E-state index in [0.29, 0.717) is 16.9 Å². The van der Waals surface area contributed by atoms with Gasteiger partial charge in [0.2, 0.25) is 5.91 Å². The Kier molecular flexibility index (Phi) is 5.39. The molecule has 0 saturated carbocycles. The van der Waals surface area contributed by atoms with Crippen LogP contribution in [-0.2, 0) is 11.0 Å². The van der Waals surface area contributed by atoms with Gasteiger partial charge in [-0.2, -0.15) is 13.2 Å². The number of hydrogen-bond donors (Lipinski definition) is 2. The van der Waals surface area contributed by atoms with Gasteiger partial charge < -0.3 is 10.6 Å². The maximum atomic E-state index is 12.7. The second-order valence-corrected chi connectivity index (χ2v) is 5.74. The van der Waals surface area contributed by atoms with Crippen LogP contribution < -0.4 is 10.6 Å². The average molecular weight is 384 g/mol. The van der Waals surface area contributed by atoms with Crippen LogP contribution in [0.15, 0.2) is 73.7 Å². The number of benzene rings is 1. The summed E-state index contributed by atoms with van der Waals surface area (Å²) < 4.78 is 38.1. The first-order valence-corrected chi connectivity index (χ1v) is 8.15. The highest BCUT2D eigenvalue weighted by atomic mass is 19.4. The van der Waals surface area contributed by atoms with Crippen LogP contribution in [0.1, 0.15) is 5.56 Å². The van der Waals surface area contributed by atoms with Crippen molar-refractivity contribution in [3.05, 3.63) is 79.3 Å². The Morgan fingerprint density at radius 2 is 1.82 bits per heavy atom. The fraction of sp³-hybridized carbons (Fsp3) is 0.0500. The van der Waals surface area contributed by atoms with Crippen LogP contribution in [0.2, 0.25) is 0 Å². The molecule has 0 bridgehead atoms. The fourth-order valence-electron chi connectivity index (χ4n) is 2.47. The van der Waals surface area contributed by atoms with E-state index in [4.69, 9.17) is 0 Å². The van der Waals surface area contributed by atoms with Crippen LogP contribution in [0, 0.1) is 0 Å². The molecule has 0 spiro atoms. The Hall–Kier alpha value is -3.68. The number of nitrogens with one attached hydrogen (secondary N) is 2. The molecule has 0 aliphatic carbocycles. The van der Waals surface area contributed by atoms with Crippen LogP contribution in [0.5, 0.6) is 0 Å². The zero-order valence-electron chi connectivity index (χ0n) is 14.5. The van der Waals surface area contributed by atoms with Gasteiger partial charge in [0.25, 0.3) is 0 Å². The Labute approximate surface area is 159 Å². The second kappa shape index (κ2) is 7.91. The quantitative estimate of drug-likeness (QED) is 0.606. The van der Waals surface area contributed by atoms with E-state index in [2.05, 4.69) is 27.2 Å². The van der Waals surface area contributed by atoms with Crippen molar-refractivity contribution in [3.63, 3.8) is 0 Å². The van der Waals surface area contributed by atoms with Crippen molar-refractivity contribution in [3.8, 4) is 11.1 Å². The van der Waals surface area contributed by atoms with Gasteiger partial charge in [-0.3, -0.25) is 9.78 Å². The lowest BCUT2D eigenvalue weighted by molar-refractivity contribution is -0.137. The Balaban J connectivity index is 1.95. The number of nitrogens with zero attached hydrogens (tertiary/aromatic N) is 2. The standard InChI is InChI=1S/C20H15F3N4O/c1-2-19(28)26-15-4-5-17(16(11-15)13-7-9-24-10-8-13)27-18-6-3-14(12-25-18)20(21,22)23/h2-12H,1H2,(H,25,27)(H,26,28). The predicted octanol–water partition coefficient (Wildman–Crippen LogP) is 5.03. The van der Waals surface area contributed by atoms with Crippen LogP contribution >= 0.6 is 0 Å². The molecule has 2 aromatic heterocycles. The maximum Gasteiger partial charge on any atom is 0.417 e. The van der Waals surface area contributed by atoms with Gasteiger partial charge in [-0.05, 0) is 54.1 Å². The molecule has 1 amide bonds. The summed E-state index contributed by atoms with van der Waals surface area (Å²) >= 11 is 0. The van der Waals surface area contributed by atoms with Crippen molar-refractivity contribution in [2.24, 2.45) is 0 Å². The normalized spacial score (nSPS) is 11.0. The highest BCUT2D eigenvalue weighted by Crippen LogP contribution is 2.33. The van der Waals surface area contributed by atoms with E-state index >= 15 is 0 Å². The van der Waals surface area contributed by atoms with E-state index < -0.39 is 11.7 Å². The first kappa shape index (κ1) is 19.1. The van der Waals surface area contributed by atoms with Crippen molar-refractivity contribution >= 4 is 23.1 Å². The lowest BCUT2D eigenvalue weighted by Gasteiger charge is -2.14. The monoisotopic (exact) mass is 384 g/mol. The molecule has 3 aromatic rings. The summed E-state index contributed by atoms with van der Waals surface area (Å²) in [7, 11) is 0. The fourth-order valence-corrected chi connectivity index (χ4v) is 2.47. The van der Waals surface area contributed by atoms with E-state index in [1.165, 1.54) is 6.07 Å². The molecule has 142 valence electrons. The van der Waals surface area contributed by atoms with E-state index in [1.54, 1.807) is 42.7 Å². The number of hydrogen-bond acceptors (Lipinski definition) is 4. The molecule has 0 unspecified atom stereocenters. The molecule has 1 aromatic carbocycles. The third kappa shape index (κ3) is 4.53. The summed E-state index contributed by atoms with van der Waals surface area (Å²) in [6.45, 7) is 3.41. The van der Waals surface area contributed by atoms with Crippen LogP contribution in [0.25, 0.3) is 11.1 Å². The summed E-state index contributed by atoms with van der Waals surface area (Å²) in [4.78, 5) is 19.4. The minimum Gasteiger partial charge on any atom is -0.340 e. The van der Waals surface area contributed by atoms with Crippen molar-refractivity contribution in [2.45, 2.75) is 6.18 Å². The van der Waals surface area contributed by atoms with Gasteiger partial charge in [-0.25, -0.2) is 4.98 Å². The molecular weight excluding hydrogens is 369 g/mol. The zero-order valence-corrected chi connectivity index (χ0v) is 14.5. The van der Waals surface area contributed by atoms with Gasteiger partial charge in [0.15, 0.2) is 0 Å². The number of carbonyl (C=O) groups excluding carboxylic acids is 1. The number of amides is 1. The lowest BCUT2D eigenvalue weighted by atomic mass is 10.0. The van der Waals surface area contributed by atoms with Crippen molar-refractivity contribution in [2.75, 3.05) is 10.6 Å². The molecule has 0 radical (unpaired) electrons. The number of alkyl halides is 3. The summed E-state index contributed by atoms with van der Waals surface area (Å²) in [5.74, 6) is -0.100. The van der Waals surface area contributed by atoms with E-state index in [1.807, 2.05) is 0 Å². The van der Waals surface area contributed by atoms with Crippen LogP contribution in [0.3, 0.4) is 0 Å². The number of rotatable bonds is 5. The Bertz CT molecular complexity index is 987. The molecule has 3 rings (SSSR count). The lowest BCUT2D eigenvalue weighted by Crippen LogP contribution is -2.08. The summed E-state index contributed by atoms with van der Waals surface area (Å²) in [5.41, 5.74) is 1.85. The van der Waals surface area contributed by atoms with Gasteiger partial charge in [0.1, 0.15) is 5.82 Å². The minimum atomic E-state index is -4.45. The number of anilines is 3. The molecule has 0 aliphatic rings. The van der Waals surface area contributed by atoms with Gasteiger partial charge in [0, 0.05) is 35.5 Å². The van der Waals surface area contributed by atoms with Gasteiger partial charge in [0.05, 0.1) is 5.56 Å². The molecule has 0 fully saturated rings. The Morgan fingerprint density at radius 1 is 1.07 bits per heavy atom. The molecule has 0 aliphatic heterocycles. The second-order valence-electron chi connectivity index (χ2n) is 5.74. The highest BCUT2D eigenvalue weighted by Gasteiger charge is 2.30. The first-order chi connectivity index (χ1) is 13.4. The molecule has 2 N–H and O–H groups in total. The third-order valence-corrected chi connectivity index (χ3v) is 3.82. The van der Waals surface area contributed by atoms with Crippen molar-refractivity contribution < 1.29 is 18.0 Å². The zero-order chi connectivity index (χ0) is 20.1. The van der Waals surface area contributed by atoms with Gasteiger partial charge in [-0.15, -0.1) is 0 Å². The van der Waals surface area contributed by atoms with E-state index in [0.717, 1.165) is 23.9 Å². The smallest absolute Gasteiger partial charge is 0.340 e. The topological polar surface area (TPSA) is 66.9 Å². The minimum absolute atomic E-state index is 0.256. The van der Waals surface area contributed by atoms with Gasteiger partial charge in [-0.1, -0.05) is 6.58 Å². The molecule has 0 saturated heterocycles. The average Bonchev–Trinajstić information content (AvgIpc) is 2.69. The van der Waals surface area contributed by atoms with Crippen molar-refractivity contribution in [1.29, 1.82) is 0 Å². The summed E-state index contributed by atoms with van der Waals surface area (Å²) in [6.07, 6.45) is 0.714. The van der Waals surface area contributed by atoms with E-state index in [-0.39, 0.29) is 11.7 Å². The Morgan fingerprint density at radius 3 is 2.43 bits per heavy atom. The van der Waals surface area contributed by atoms with Crippen molar-refractivity contribution in [1.82, 2.24) is 9.97 Å². The summed E-state index contributed by atoms with van der Waals surface area (Å²) in [6, 6.07) is 10.9. The molecule has 28 heavy (non-hydrogen) atoms. The number of halogens is 3. The third-order valence-electron chi connectivity index (χ3n) is 3.82. The molecule has 2 heterocycles. The number of pyridine rings is 2. The molecular formula is C20H15F3N4O.